The van der Waals surface area contributed by atoms with Gasteiger partial charge in [0.05, 0.1) is 5.60 Å². The van der Waals surface area contributed by atoms with E-state index in [4.69, 9.17) is 4.74 Å². The van der Waals surface area contributed by atoms with Crippen LogP contribution >= 0.6 is 0 Å². The number of hydrogen-bond acceptors (Lipinski definition) is 3. The summed E-state index contributed by atoms with van der Waals surface area (Å²) in [7, 11) is 1.87. The van der Waals surface area contributed by atoms with Crippen LogP contribution in [0.4, 0.5) is 0 Å². The molecule has 1 heterocycles. The van der Waals surface area contributed by atoms with Crippen molar-refractivity contribution >= 4 is 0 Å². The molecule has 1 aliphatic heterocycles. The number of nitrogens with one attached hydrogen (secondary N) is 1. The van der Waals surface area contributed by atoms with E-state index in [9.17, 15) is 0 Å². The van der Waals surface area contributed by atoms with E-state index in [-0.39, 0.29) is 5.60 Å². The Labute approximate surface area is 119 Å². The van der Waals surface area contributed by atoms with Gasteiger partial charge < -0.3 is 15.0 Å². The normalized spacial score (nSPS) is 37.4. The third kappa shape index (κ3) is 4.17. The number of methoxy groups -OCH3 is 1. The second-order valence-corrected chi connectivity index (χ2v) is 6.70. The molecule has 1 saturated carbocycles. The molecule has 112 valence electrons. The van der Waals surface area contributed by atoms with Crippen LogP contribution in [0.2, 0.25) is 0 Å². The quantitative estimate of drug-likeness (QED) is 0.829. The summed E-state index contributed by atoms with van der Waals surface area (Å²) >= 11 is 0. The van der Waals surface area contributed by atoms with Crippen LogP contribution in [-0.4, -0.2) is 49.8 Å². The number of nitrogens with zero attached hydrogens (tertiary/aromatic N) is 1. The average Bonchev–Trinajstić information content (AvgIpc) is 2.41. The van der Waals surface area contributed by atoms with E-state index < -0.39 is 0 Å². The van der Waals surface area contributed by atoms with E-state index in [0.717, 1.165) is 25.0 Å². The predicted octanol–water partition coefficient (Wildman–Crippen LogP) is 2.66. The zero-order valence-corrected chi connectivity index (χ0v) is 13.1. The molecule has 0 aromatic heterocycles. The van der Waals surface area contributed by atoms with Gasteiger partial charge in [-0.05, 0) is 51.6 Å². The maximum atomic E-state index is 5.72. The van der Waals surface area contributed by atoms with Crippen molar-refractivity contribution in [2.75, 3.05) is 33.3 Å². The summed E-state index contributed by atoms with van der Waals surface area (Å²) in [5.74, 6) is 0.841. The molecule has 0 spiro atoms. The molecule has 3 unspecified atom stereocenters. The summed E-state index contributed by atoms with van der Waals surface area (Å²) < 4.78 is 5.72. The smallest absolute Gasteiger partial charge is 0.0777 e. The molecule has 2 fully saturated rings. The molecule has 0 aromatic rings. The Kier molecular flexibility index (Phi) is 5.67. The lowest BCUT2D eigenvalue weighted by atomic mass is 9.83. The molecular weight excluding hydrogens is 236 g/mol. The Balaban J connectivity index is 1.87. The van der Waals surface area contributed by atoms with Gasteiger partial charge in [-0.1, -0.05) is 19.8 Å². The fraction of sp³-hybridized carbons (Fsp3) is 1.00. The highest BCUT2D eigenvalue weighted by atomic mass is 16.5. The largest absolute Gasteiger partial charge is 0.377 e. The molecule has 19 heavy (non-hydrogen) atoms. The van der Waals surface area contributed by atoms with Crippen LogP contribution in [0.5, 0.6) is 0 Å². The van der Waals surface area contributed by atoms with E-state index in [1.807, 2.05) is 7.11 Å². The van der Waals surface area contributed by atoms with E-state index in [0.29, 0.717) is 0 Å². The molecule has 0 amide bonds. The lowest BCUT2D eigenvalue weighted by Crippen LogP contribution is -2.51. The number of piperidine rings is 1. The number of likely N-dealkylation sites (tertiary alicyclic amines) is 1. The van der Waals surface area contributed by atoms with Gasteiger partial charge >= 0.3 is 0 Å². The number of rotatable bonds is 5. The highest BCUT2D eigenvalue weighted by Gasteiger charge is 2.33. The molecule has 0 aromatic carbocycles. The maximum Gasteiger partial charge on any atom is 0.0777 e. The van der Waals surface area contributed by atoms with Crippen molar-refractivity contribution < 1.29 is 4.74 Å². The summed E-state index contributed by atoms with van der Waals surface area (Å²) in [5.41, 5.74) is 0.0839. The monoisotopic (exact) mass is 268 g/mol. The SMILES string of the molecule is CCNC1CCCCC1CN1CCCC(C)(OC)C1. The first-order valence-corrected chi connectivity index (χ1v) is 8.18. The molecule has 3 heteroatoms. The topological polar surface area (TPSA) is 24.5 Å². The van der Waals surface area contributed by atoms with Crippen LogP contribution in [0.1, 0.15) is 52.4 Å². The van der Waals surface area contributed by atoms with Gasteiger partial charge in [0.2, 0.25) is 0 Å². The summed E-state index contributed by atoms with van der Waals surface area (Å²) in [5, 5.41) is 3.70. The lowest BCUT2D eigenvalue weighted by Gasteiger charge is -2.43. The molecule has 3 atom stereocenters. The fourth-order valence-corrected chi connectivity index (χ4v) is 3.92. The Morgan fingerprint density at radius 3 is 2.79 bits per heavy atom. The van der Waals surface area contributed by atoms with Crippen LogP contribution in [0.15, 0.2) is 0 Å². The van der Waals surface area contributed by atoms with Crippen molar-refractivity contribution in [1.29, 1.82) is 0 Å². The van der Waals surface area contributed by atoms with E-state index in [2.05, 4.69) is 24.1 Å². The second-order valence-electron chi connectivity index (χ2n) is 6.70. The highest BCUT2D eigenvalue weighted by Crippen LogP contribution is 2.29. The number of hydrogen-bond donors (Lipinski definition) is 1. The minimum atomic E-state index is 0.0839. The first kappa shape index (κ1) is 15.3. The third-order valence-corrected chi connectivity index (χ3v) is 5.10. The van der Waals surface area contributed by atoms with Gasteiger partial charge in [-0.15, -0.1) is 0 Å². The molecule has 1 saturated heterocycles. The molecular formula is C16H32N2O. The zero-order chi connectivity index (χ0) is 13.7. The molecule has 2 rings (SSSR count). The first-order chi connectivity index (χ1) is 9.17. The zero-order valence-electron chi connectivity index (χ0n) is 13.1. The van der Waals surface area contributed by atoms with Crippen molar-refractivity contribution in [2.24, 2.45) is 5.92 Å². The Bertz CT molecular complexity index is 269. The van der Waals surface area contributed by atoms with Gasteiger partial charge in [0.15, 0.2) is 0 Å². The van der Waals surface area contributed by atoms with E-state index >= 15 is 0 Å². The Hall–Kier alpha value is -0.120. The minimum absolute atomic E-state index is 0.0839. The molecule has 2 aliphatic rings. The molecule has 1 aliphatic carbocycles. The van der Waals surface area contributed by atoms with Crippen molar-refractivity contribution in [3.8, 4) is 0 Å². The third-order valence-electron chi connectivity index (χ3n) is 5.10. The average molecular weight is 268 g/mol. The molecule has 0 bridgehead atoms. The Morgan fingerprint density at radius 1 is 1.26 bits per heavy atom. The van der Waals surface area contributed by atoms with Crippen molar-refractivity contribution in [3.05, 3.63) is 0 Å². The van der Waals surface area contributed by atoms with Crippen LogP contribution < -0.4 is 5.32 Å². The van der Waals surface area contributed by atoms with Gasteiger partial charge in [0.1, 0.15) is 0 Å². The van der Waals surface area contributed by atoms with Crippen molar-refractivity contribution in [1.82, 2.24) is 10.2 Å². The maximum absolute atomic E-state index is 5.72. The van der Waals surface area contributed by atoms with Gasteiger partial charge in [0.25, 0.3) is 0 Å². The highest BCUT2D eigenvalue weighted by molar-refractivity contribution is 4.88. The van der Waals surface area contributed by atoms with Crippen LogP contribution in [0, 0.1) is 5.92 Å². The van der Waals surface area contributed by atoms with Crippen molar-refractivity contribution in [2.45, 2.75) is 64.0 Å². The van der Waals surface area contributed by atoms with Gasteiger partial charge in [0, 0.05) is 26.2 Å². The van der Waals surface area contributed by atoms with Crippen molar-refractivity contribution in [3.63, 3.8) is 0 Å². The summed E-state index contributed by atoms with van der Waals surface area (Å²) in [6.45, 7) is 9.23. The fourth-order valence-electron chi connectivity index (χ4n) is 3.92. The van der Waals surface area contributed by atoms with Gasteiger partial charge in [-0.25, -0.2) is 0 Å². The molecule has 1 N–H and O–H groups in total. The van der Waals surface area contributed by atoms with Crippen LogP contribution in [0.3, 0.4) is 0 Å². The molecule has 3 nitrogen and oxygen atoms in total. The van der Waals surface area contributed by atoms with Crippen LogP contribution in [-0.2, 0) is 4.74 Å². The standard InChI is InChI=1S/C16H32N2O/c1-4-17-15-9-6-5-8-14(15)12-18-11-7-10-16(2,13-18)19-3/h14-15,17H,4-13H2,1-3H3. The first-order valence-electron chi connectivity index (χ1n) is 8.18. The lowest BCUT2D eigenvalue weighted by molar-refractivity contribution is -0.0556. The van der Waals surface area contributed by atoms with Crippen LogP contribution in [0.25, 0.3) is 0 Å². The van der Waals surface area contributed by atoms with Gasteiger partial charge in [-0.2, -0.15) is 0 Å². The second kappa shape index (κ2) is 7.05. The number of ether oxygens (including phenoxy) is 1. The minimum Gasteiger partial charge on any atom is -0.377 e. The predicted molar refractivity (Wildman–Crippen MR) is 80.5 cm³/mol. The van der Waals surface area contributed by atoms with E-state index in [1.54, 1.807) is 0 Å². The summed E-state index contributed by atoms with van der Waals surface area (Å²) in [6, 6.07) is 0.745. The van der Waals surface area contributed by atoms with Gasteiger partial charge in [-0.3, -0.25) is 0 Å². The Morgan fingerprint density at radius 2 is 2.05 bits per heavy atom. The molecule has 0 radical (unpaired) electrons. The summed E-state index contributed by atoms with van der Waals surface area (Å²) in [4.78, 5) is 2.65. The van der Waals surface area contributed by atoms with E-state index in [1.165, 1.54) is 51.6 Å². The summed E-state index contributed by atoms with van der Waals surface area (Å²) in [6.07, 6.45) is 8.09.